The zero-order valence-corrected chi connectivity index (χ0v) is 8.06. The Hall–Kier alpha value is -0.730. The van der Waals surface area contributed by atoms with Gasteiger partial charge in [0, 0.05) is 6.54 Å². The summed E-state index contributed by atoms with van der Waals surface area (Å²) >= 11 is 0. The van der Waals surface area contributed by atoms with E-state index in [0.29, 0.717) is 13.2 Å². The largest absolute Gasteiger partial charge is 0.450 e. The van der Waals surface area contributed by atoms with E-state index in [0.717, 1.165) is 12.8 Å². The summed E-state index contributed by atoms with van der Waals surface area (Å²) < 4.78 is 4.88. The lowest BCUT2D eigenvalue weighted by Gasteiger charge is -2.03. The minimum atomic E-state index is -0.297. The van der Waals surface area contributed by atoms with Crippen LogP contribution >= 0.6 is 0 Å². The van der Waals surface area contributed by atoms with Crippen molar-refractivity contribution in [1.29, 1.82) is 0 Å². The summed E-state index contributed by atoms with van der Waals surface area (Å²) in [4.78, 5) is 10.7. The van der Waals surface area contributed by atoms with E-state index in [1.807, 2.05) is 6.92 Å². The molecule has 0 aliphatic carbocycles. The lowest BCUT2D eigenvalue weighted by Crippen LogP contribution is -2.23. The van der Waals surface area contributed by atoms with Crippen LogP contribution in [0.15, 0.2) is 0 Å². The van der Waals surface area contributed by atoms with Crippen molar-refractivity contribution < 1.29 is 9.53 Å². The molecule has 0 aromatic carbocycles. The molecular formula is C9H19NO2. The van der Waals surface area contributed by atoms with Crippen molar-refractivity contribution in [3.63, 3.8) is 0 Å². The van der Waals surface area contributed by atoms with Crippen molar-refractivity contribution in [2.45, 2.75) is 39.5 Å². The number of unbranched alkanes of at least 4 members (excludes halogenated alkanes) is 3. The first-order chi connectivity index (χ1) is 5.81. The van der Waals surface area contributed by atoms with Crippen molar-refractivity contribution in [2.24, 2.45) is 0 Å². The van der Waals surface area contributed by atoms with Crippen LogP contribution < -0.4 is 5.32 Å². The molecule has 12 heavy (non-hydrogen) atoms. The zero-order chi connectivity index (χ0) is 9.23. The van der Waals surface area contributed by atoms with Crippen molar-refractivity contribution in [1.82, 2.24) is 5.32 Å². The molecule has 0 atom stereocenters. The molecule has 0 aromatic heterocycles. The van der Waals surface area contributed by atoms with E-state index < -0.39 is 0 Å². The second kappa shape index (κ2) is 8.37. The molecule has 0 bridgehead atoms. The highest BCUT2D eigenvalue weighted by atomic mass is 16.5. The predicted octanol–water partition coefficient (Wildman–Crippen LogP) is 2.31. The molecule has 1 amide bonds. The van der Waals surface area contributed by atoms with Gasteiger partial charge in [-0.3, -0.25) is 0 Å². The average Bonchev–Trinajstić information content (AvgIpc) is 2.05. The van der Waals surface area contributed by atoms with E-state index in [-0.39, 0.29) is 6.09 Å². The van der Waals surface area contributed by atoms with E-state index >= 15 is 0 Å². The van der Waals surface area contributed by atoms with Gasteiger partial charge < -0.3 is 10.1 Å². The number of rotatable bonds is 6. The Kier molecular flexibility index (Phi) is 7.86. The maximum atomic E-state index is 10.7. The van der Waals surface area contributed by atoms with E-state index in [1.165, 1.54) is 12.8 Å². The lowest BCUT2D eigenvalue weighted by molar-refractivity contribution is 0.144. The third-order valence-corrected chi connectivity index (χ3v) is 1.55. The molecule has 72 valence electrons. The maximum Gasteiger partial charge on any atom is 0.407 e. The number of amides is 1. The summed E-state index contributed by atoms with van der Waals surface area (Å²) in [5.41, 5.74) is 0. The number of ether oxygens (including phenoxy) is 1. The highest BCUT2D eigenvalue weighted by Crippen LogP contribution is 1.98. The fraction of sp³-hybridized carbons (Fsp3) is 0.889. The fourth-order valence-corrected chi connectivity index (χ4v) is 0.889. The lowest BCUT2D eigenvalue weighted by atomic mass is 10.2. The Labute approximate surface area is 74.5 Å². The maximum absolute atomic E-state index is 10.7. The number of alkyl carbamates (subject to hydrolysis) is 1. The first kappa shape index (κ1) is 11.3. The standard InChI is InChI=1S/C9H19NO2/c1-3-5-6-7-8-12-9(11)10-4-2/h3-8H2,1-2H3,(H,10,11). The van der Waals surface area contributed by atoms with Crippen LogP contribution in [0.1, 0.15) is 39.5 Å². The van der Waals surface area contributed by atoms with E-state index in [2.05, 4.69) is 12.2 Å². The van der Waals surface area contributed by atoms with E-state index in [9.17, 15) is 4.79 Å². The normalized spacial score (nSPS) is 9.50. The van der Waals surface area contributed by atoms with Crippen molar-refractivity contribution in [3.05, 3.63) is 0 Å². The van der Waals surface area contributed by atoms with Crippen molar-refractivity contribution in [2.75, 3.05) is 13.2 Å². The van der Waals surface area contributed by atoms with E-state index in [4.69, 9.17) is 4.74 Å². The second-order valence-corrected chi connectivity index (χ2v) is 2.73. The van der Waals surface area contributed by atoms with Crippen LogP contribution in [0.3, 0.4) is 0 Å². The Morgan fingerprint density at radius 1 is 1.25 bits per heavy atom. The summed E-state index contributed by atoms with van der Waals surface area (Å²) in [5, 5.41) is 2.58. The highest BCUT2D eigenvalue weighted by molar-refractivity contribution is 5.66. The first-order valence-electron chi connectivity index (χ1n) is 4.71. The van der Waals surface area contributed by atoms with Crippen LogP contribution in [0, 0.1) is 0 Å². The molecule has 0 saturated carbocycles. The number of nitrogens with one attached hydrogen (secondary N) is 1. The molecule has 0 aliphatic rings. The van der Waals surface area contributed by atoms with Gasteiger partial charge in [-0.15, -0.1) is 0 Å². The molecule has 3 nitrogen and oxygen atoms in total. The topological polar surface area (TPSA) is 38.3 Å². The predicted molar refractivity (Wildman–Crippen MR) is 49.2 cm³/mol. The van der Waals surface area contributed by atoms with Crippen molar-refractivity contribution in [3.8, 4) is 0 Å². The van der Waals surface area contributed by atoms with Crippen LogP contribution in [-0.4, -0.2) is 19.2 Å². The van der Waals surface area contributed by atoms with Gasteiger partial charge in [0.1, 0.15) is 0 Å². The van der Waals surface area contributed by atoms with Crippen LogP contribution in [0.5, 0.6) is 0 Å². The third kappa shape index (κ3) is 7.38. The smallest absolute Gasteiger partial charge is 0.407 e. The van der Waals surface area contributed by atoms with Gasteiger partial charge in [0.25, 0.3) is 0 Å². The summed E-state index contributed by atoms with van der Waals surface area (Å²) in [6, 6.07) is 0. The van der Waals surface area contributed by atoms with Crippen molar-refractivity contribution >= 4 is 6.09 Å². The summed E-state index contributed by atoms with van der Waals surface area (Å²) in [5.74, 6) is 0. The van der Waals surface area contributed by atoms with Gasteiger partial charge in [0.2, 0.25) is 0 Å². The zero-order valence-electron chi connectivity index (χ0n) is 8.06. The molecule has 0 fully saturated rings. The van der Waals surface area contributed by atoms with Crippen LogP contribution in [0.25, 0.3) is 0 Å². The Balaban J connectivity index is 3.03. The highest BCUT2D eigenvalue weighted by Gasteiger charge is 1.97. The molecule has 1 N–H and O–H groups in total. The van der Waals surface area contributed by atoms with Crippen LogP contribution in [0.2, 0.25) is 0 Å². The summed E-state index contributed by atoms with van der Waals surface area (Å²) in [6.45, 7) is 5.21. The molecule has 0 aliphatic heterocycles. The quantitative estimate of drug-likeness (QED) is 0.626. The Morgan fingerprint density at radius 2 is 2.00 bits per heavy atom. The summed E-state index contributed by atoms with van der Waals surface area (Å²) in [7, 11) is 0. The molecular weight excluding hydrogens is 154 g/mol. The first-order valence-corrected chi connectivity index (χ1v) is 4.71. The number of carbonyl (C=O) groups is 1. The van der Waals surface area contributed by atoms with Gasteiger partial charge in [-0.2, -0.15) is 0 Å². The van der Waals surface area contributed by atoms with Gasteiger partial charge in [-0.25, -0.2) is 4.79 Å². The van der Waals surface area contributed by atoms with Crippen LogP contribution in [-0.2, 0) is 4.74 Å². The molecule has 3 heteroatoms. The molecule has 0 spiro atoms. The molecule has 0 heterocycles. The molecule has 0 aromatic rings. The van der Waals surface area contributed by atoms with Gasteiger partial charge >= 0.3 is 6.09 Å². The molecule has 0 rings (SSSR count). The molecule has 0 radical (unpaired) electrons. The van der Waals surface area contributed by atoms with Gasteiger partial charge in [0.15, 0.2) is 0 Å². The van der Waals surface area contributed by atoms with E-state index in [1.54, 1.807) is 0 Å². The van der Waals surface area contributed by atoms with Gasteiger partial charge in [-0.1, -0.05) is 26.2 Å². The monoisotopic (exact) mass is 173 g/mol. The Bertz CT molecular complexity index is 115. The SMILES string of the molecule is CCCCCCOC(=O)NCC. The molecule has 0 unspecified atom stereocenters. The summed E-state index contributed by atoms with van der Waals surface area (Å²) in [6.07, 6.45) is 4.26. The van der Waals surface area contributed by atoms with Gasteiger partial charge in [0.05, 0.1) is 6.61 Å². The number of hydrogen-bond donors (Lipinski definition) is 1. The minimum absolute atomic E-state index is 0.297. The fourth-order valence-electron chi connectivity index (χ4n) is 0.889. The number of carbonyl (C=O) groups excluding carboxylic acids is 1. The van der Waals surface area contributed by atoms with Crippen LogP contribution in [0.4, 0.5) is 4.79 Å². The average molecular weight is 173 g/mol. The van der Waals surface area contributed by atoms with Gasteiger partial charge in [-0.05, 0) is 13.3 Å². The number of hydrogen-bond acceptors (Lipinski definition) is 2. The third-order valence-electron chi connectivity index (χ3n) is 1.55. The molecule has 0 saturated heterocycles. The second-order valence-electron chi connectivity index (χ2n) is 2.73. The minimum Gasteiger partial charge on any atom is -0.450 e. The Morgan fingerprint density at radius 3 is 2.58 bits per heavy atom.